The van der Waals surface area contributed by atoms with Crippen molar-refractivity contribution in [2.24, 2.45) is 0 Å². The molecule has 3 aromatic rings. The van der Waals surface area contributed by atoms with Crippen LogP contribution in [0.5, 0.6) is 5.75 Å². The first kappa shape index (κ1) is 32.5. The van der Waals surface area contributed by atoms with Crippen LogP contribution in [-0.2, 0) is 32.6 Å². The van der Waals surface area contributed by atoms with Gasteiger partial charge >= 0.3 is 0 Å². The van der Waals surface area contributed by atoms with E-state index in [0.717, 1.165) is 59.0 Å². The first-order chi connectivity index (χ1) is 21.0. The number of amides is 2. The maximum atomic E-state index is 14.3. The molecule has 0 aromatic heterocycles. The van der Waals surface area contributed by atoms with Crippen molar-refractivity contribution in [3.63, 3.8) is 0 Å². The van der Waals surface area contributed by atoms with Crippen LogP contribution in [0, 0.1) is 17.0 Å². The van der Waals surface area contributed by atoms with Gasteiger partial charge in [0.1, 0.15) is 24.0 Å². The van der Waals surface area contributed by atoms with Crippen LogP contribution in [0.15, 0.2) is 72.8 Å². The molecular formula is C32H38N4O7S. The Morgan fingerprint density at radius 1 is 1.05 bits per heavy atom. The number of aryl methyl sites for hydroxylation is 1. The molecule has 0 spiro atoms. The Hall–Kier alpha value is -4.45. The highest BCUT2D eigenvalue weighted by Gasteiger charge is 2.35. The van der Waals surface area contributed by atoms with Crippen LogP contribution in [0.2, 0.25) is 0 Å². The zero-order valence-electron chi connectivity index (χ0n) is 25.1. The Bertz CT molecular complexity index is 1590. The lowest BCUT2D eigenvalue weighted by atomic mass is 10.0. The number of nitrogens with zero attached hydrogens (tertiary/aromatic N) is 3. The monoisotopic (exact) mass is 622 g/mol. The van der Waals surface area contributed by atoms with Gasteiger partial charge in [-0.05, 0) is 42.5 Å². The maximum absolute atomic E-state index is 14.3. The molecule has 2 amide bonds. The lowest BCUT2D eigenvalue weighted by Gasteiger charge is -2.34. The molecule has 4 rings (SSSR count). The van der Waals surface area contributed by atoms with Gasteiger partial charge < -0.3 is 15.0 Å². The molecule has 0 heterocycles. The number of rotatable bonds is 13. The van der Waals surface area contributed by atoms with Crippen molar-refractivity contribution in [1.82, 2.24) is 10.2 Å². The van der Waals surface area contributed by atoms with Gasteiger partial charge in [-0.15, -0.1) is 0 Å². The number of hydrogen-bond acceptors (Lipinski definition) is 7. The minimum absolute atomic E-state index is 0.00201. The predicted octanol–water partition coefficient (Wildman–Crippen LogP) is 4.38. The highest BCUT2D eigenvalue weighted by Crippen LogP contribution is 2.34. The summed E-state index contributed by atoms with van der Waals surface area (Å²) in [5.41, 5.74) is 2.02. The van der Waals surface area contributed by atoms with Crippen molar-refractivity contribution in [1.29, 1.82) is 0 Å². The van der Waals surface area contributed by atoms with E-state index in [1.807, 2.05) is 61.5 Å². The van der Waals surface area contributed by atoms with Crippen molar-refractivity contribution >= 4 is 33.2 Å². The van der Waals surface area contributed by atoms with Crippen LogP contribution in [0.3, 0.4) is 0 Å². The molecule has 11 nitrogen and oxygen atoms in total. The topological polar surface area (TPSA) is 139 Å². The van der Waals surface area contributed by atoms with Gasteiger partial charge in [0, 0.05) is 31.1 Å². The maximum Gasteiger partial charge on any atom is 0.271 e. The van der Waals surface area contributed by atoms with Gasteiger partial charge in [-0.1, -0.05) is 67.4 Å². The predicted molar refractivity (Wildman–Crippen MR) is 168 cm³/mol. The number of methoxy groups -OCH3 is 1. The summed E-state index contributed by atoms with van der Waals surface area (Å²) in [6.07, 6.45) is 4.84. The quantitative estimate of drug-likeness (QED) is 0.221. The van der Waals surface area contributed by atoms with E-state index >= 15 is 0 Å². The smallest absolute Gasteiger partial charge is 0.271 e. The molecule has 1 saturated carbocycles. The van der Waals surface area contributed by atoms with Gasteiger partial charge in [0.05, 0.1) is 18.3 Å². The van der Waals surface area contributed by atoms with E-state index in [9.17, 15) is 28.1 Å². The minimum Gasteiger partial charge on any atom is -0.495 e. The molecule has 1 aliphatic rings. The normalized spacial score (nSPS) is 14.1. The van der Waals surface area contributed by atoms with Gasteiger partial charge in [-0.3, -0.25) is 24.0 Å². The summed E-state index contributed by atoms with van der Waals surface area (Å²) in [4.78, 5) is 40.6. The second-order valence-electron chi connectivity index (χ2n) is 11.0. The lowest BCUT2D eigenvalue weighted by molar-refractivity contribution is -0.384. The summed E-state index contributed by atoms with van der Waals surface area (Å²) < 4.78 is 32.4. The zero-order chi connectivity index (χ0) is 31.9. The molecule has 0 aliphatic heterocycles. The number of non-ortho nitro benzene ring substituents is 1. The first-order valence-corrected chi connectivity index (χ1v) is 16.3. The molecular weight excluding hydrogens is 584 g/mol. The molecule has 0 bridgehead atoms. The van der Waals surface area contributed by atoms with Gasteiger partial charge in [0.15, 0.2) is 0 Å². The van der Waals surface area contributed by atoms with Crippen LogP contribution in [-0.4, -0.2) is 62.0 Å². The zero-order valence-corrected chi connectivity index (χ0v) is 26.0. The summed E-state index contributed by atoms with van der Waals surface area (Å²) in [5, 5.41) is 14.7. The number of nitro groups is 1. The molecule has 234 valence electrons. The molecule has 1 atom stereocenters. The van der Waals surface area contributed by atoms with Gasteiger partial charge in [-0.25, -0.2) is 8.42 Å². The summed E-state index contributed by atoms with van der Waals surface area (Å²) >= 11 is 0. The third-order valence-corrected chi connectivity index (χ3v) is 9.02. The van der Waals surface area contributed by atoms with Crippen LogP contribution >= 0.6 is 0 Å². The second kappa shape index (κ2) is 14.3. The Balaban J connectivity index is 1.79. The third-order valence-electron chi connectivity index (χ3n) is 7.90. The van der Waals surface area contributed by atoms with E-state index < -0.39 is 33.4 Å². The molecule has 1 aliphatic carbocycles. The van der Waals surface area contributed by atoms with Gasteiger partial charge in [0.25, 0.3) is 5.69 Å². The van der Waals surface area contributed by atoms with E-state index in [0.29, 0.717) is 0 Å². The van der Waals surface area contributed by atoms with Crippen molar-refractivity contribution in [2.75, 3.05) is 24.2 Å². The number of nitro benzene ring substituents is 1. The molecule has 1 N–H and O–H groups in total. The molecule has 3 aromatic carbocycles. The molecule has 1 fully saturated rings. The highest BCUT2D eigenvalue weighted by atomic mass is 32.2. The van der Waals surface area contributed by atoms with Crippen molar-refractivity contribution in [3.05, 3.63) is 99.6 Å². The van der Waals surface area contributed by atoms with E-state index in [4.69, 9.17) is 4.74 Å². The van der Waals surface area contributed by atoms with Crippen molar-refractivity contribution in [3.8, 4) is 5.75 Å². The number of hydrogen-bond donors (Lipinski definition) is 1. The fourth-order valence-corrected chi connectivity index (χ4v) is 6.32. The first-order valence-electron chi connectivity index (χ1n) is 14.5. The molecule has 0 saturated heterocycles. The number of benzene rings is 3. The van der Waals surface area contributed by atoms with Gasteiger partial charge in [-0.2, -0.15) is 0 Å². The second-order valence-corrected chi connectivity index (χ2v) is 12.9. The largest absolute Gasteiger partial charge is 0.495 e. The Morgan fingerprint density at radius 2 is 1.70 bits per heavy atom. The van der Waals surface area contributed by atoms with Crippen LogP contribution in [0.4, 0.5) is 11.4 Å². The number of anilines is 1. The molecule has 44 heavy (non-hydrogen) atoms. The molecule has 0 radical (unpaired) electrons. The van der Waals surface area contributed by atoms with Crippen molar-refractivity contribution < 1.29 is 27.7 Å². The standard InChI is InChI=1S/C32H38N4O7S/c1-23-11-7-8-14-25(23)21-34(29(19-24-12-5-4-6-13-24)32(38)33-26-15-9-10-16-26)31(37)22-35(44(3,41)42)28-20-27(36(39)40)17-18-30(28)43-2/h4-8,11-14,17-18,20,26,29H,9-10,15-16,19,21-22H2,1-3H3,(H,33,38)/t29-/m1/s1. The fourth-order valence-electron chi connectivity index (χ4n) is 5.47. The molecule has 0 unspecified atom stereocenters. The van der Waals surface area contributed by atoms with E-state index in [1.54, 1.807) is 0 Å². The van der Waals surface area contributed by atoms with Crippen LogP contribution < -0.4 is 14.4 Å². The van der Waals surface area contributed by atoms with E-state index in [2.05, 4.69) is 5.32 Å². The third kappa shape index (κ3) is 8.13. The summed E-state index contributed by atoms with van der Waals surface area (Å²) in [5.74, 6) is -0.921. The average molecular weight is 623 g/mol. The van der Waals surface area contributed by atoms with Crippen molar-refractivity contribution in [2.45, 2.75) is 57.7 Å². The summed E-state index contributed by atoms with van der Waals surface area (Å²) in [6.45, 7) is 1.24. The lowest BCUT2D eigenvalue weighted by Crippen LogP contribution is -2.54. The summed E-state index contributed by atoms with van der Waals surface area (Å²) in [7, 11) is -2.84. The number of sulfonamides is 1. The van der Waals surface area contributed by atoms with Gasteiger partial charge in [0.2, 0.25) is 21.8 Å². The fraction of sp³-hybridized carbons (Fsp3) is 0.375. The highest BCUT2D eigenvalue weighted by molar-refractivity contribution is 7.92. The average Bonchev–Trinajstić information content (AvgIpc) is 3.51. The Labute approximate surface area is 258 Å². The van der Waals surface area contributed by atoms with E-state index in [-0.39, 0.29) is 42.0 Å². The summed E-state index contributed by atoms with van der Waals surface area (Å²) in [6, 6.07) is 19.4. The Kier molecular flexibility index (Phi) is 10.6. The molecule has 12 heteroatoms. The Morgan fingerprint density at radius 3 is 2.32 bits per heavy atom. The number of carbonyl (C=O) groups is 2. The van der Waals surface area contributed by atoms with Crippen LogP contribution in [0.25, 0.3) is 0 Å². The number of carbonyl (C=O) groups excluding carboxylic acids is 2. The van der Waals surface area contributed by atoms with E-state index in [1.165, 1.54) is 24.1 Å². The number of ether oxygens (including phenoxy) is 1. The number of nitrogens with one attached hydrogen (secondary N) is 1. The van der Waals surface area contributed by atoms with Crippen LogP contribution in [0.1, 0.15) is 42.4 Å². The SMILES string of the molecule is COc1ccc([N+](=O)[O-])cc1N(CC(=O)N(Cc1ccccc1C)[C@H](Cc1ccccc1)C(=O)NC1CCCC1)S(C)(=O)=O. The minimum atomic E-state index is -4.14.